The van der Waals surface area contributed by atoms with E-state index in [1.54, 1.807) is 6.07 Å². The Labute approximate surface area is 168 Å². The highest BCUT2D eigenvalue weighted by atomic mass is 19.1. The highest BCUT2D eigenvalue weighted by Gasteiger charge is 2.13. The molecule has 0 aliphatic carbocycles. The van der Waals surface area contributed by atoms with Gasteiger partial charge in [0.1, 0.15) is 5.82 Å². The smallest absolute Gasteiger partial charge is 0.304 e. The molecule has 2 aromatic rings. The van der Waals surface area contributed by atoms with Gasteiger partial charge in [-0.2, -0.15) is 0 Å². The standard InChI is InChI=1S/C24H32FNO2/c1-3-4-5-6-8-20-9-7-10-21(16-20)17-26(14-13-24(27)28)18-22-15-19(2)11-12-23(22)25/h7,9-12,15-16H,3-6,8,13-14,17-18H2,1-2H3,(H,27,28). The number of carbonyl (C=O) groups is 1. The summed E-state index contributed by atoms with van der Waals surface area (Å²) in [5, 5.41) is 9.08. The van der Waals surface area contributed by atoms with E-state index < -0.39 is 5.97 Å². The van der Waals surface area contributed by atoms with Gasteiger partial charge in [0.15, 0.2) is 0 Å². The van der Waals surface area contributed by atoms with Crippen LogP contribution < -0.4 is 0 Å². The number of carboxylic acids is 1. The van der Waals surface area contributed by atoms with Crippen molar-refractivity contribution in [3.8, 4) is 0 Å². The molecule has 0 amide bonds. The van der Waals surface area contributed by atoms with Crippen LogP contribution in [0.2, 0.25) is 0 Å². The van der Waals surface area contributed by atoms with Crippen molar-refractivity contribution in [2.45, 2.75) is 65.5 Å². The second kappa shape index (κ2) is 11.6. The molecule has 0 bridgehead atoms. The van der Waals surface area contributed by atoms with Gasteiger partial charge in [0.05, 0.1) is 6.42 Å². The molecule has 0 aromatic heterocycles. The van der Waals surface area contributed by atoms with Crippen LogP contribution in [0.5, 0.6) is 0 Å². The van der Waals surface area contributed by atoms with Gasteiger partial charge in [0.25, 0.3) is 0 Å². The Hall–Kier alpha value is -2.20. The number of unbranched alkanes of at least 4 members (excludes halogenated alkanes) is 3. The normalized spacial score (nSPS) is 11.1. The fourth-order valence-electron chi connectivity index (χ4n) is 3.43. The molecular formula is C24H32FNO2. The lowest BCUT2D eigenvalue weighted by molar-refractivity contribution is -0.137. The first-order valence-corrected chi connectivity index (χ1v) is 10.2. The van der Waals surface area contributed by atoms with Crippen LogP contribution in [0.3, 0.4) is 0 Å². The van der Waals surface area contributed by atoms with Crippen molar-refractivity contribution in [1.82, 2.24) is 4.90 Å². The Morgan fingerprint density at radius 2 is 1.82 bits per heavy atom. The van der Waals surface area contributed by atoms with E-state index in [1.165, 1.54) is 37.3 Å². The summed E-state index contributed by atoms with van der Waals surface area (Å²) in [6, 6.07) is 13.6. The van der Waals surface area contributed by atoms with E-state index >= 15 is 0 Å². The SMILES string of the molecule is CCCCCCc1cccc(CN(CCC(=O)O)Cc2cc(C)ccc2F)c1. The molecule has 2 rings (SSSR count). The van der Waals surface area contributed by atoms with Crippen LogP contribution in [0.1, 0.15) is 61.3 Å². The zero-order valence-corrected chi connectivity index (χ0v) is 17.1. The molecule has 0 fully saturated rings. The van der Waals surface area contributed by atoms with Gasteiger partial charge in [-0.15, -0.1) is 0 Å². The Morgan fingerprint density at radius 3 is 2.57 bits per heavy atom. The first kappa shape index (κ1) is 22.1. The minimum absolute atomic E-state index is 0.0458. The van der Waals surface area contributed by atoms with Gasteiger partial charge in [-0.1, -0.05) is 68.1 Å². The Kier molecular flexibility index (Phi) is 9.15. The van der Waals surface area contributed by atoms with Gasteiger partial charge in [-0.05, 0) is 37.0 Å². The zero-order valence-electron chi connectivity index (χ0n) is 17.1. The molecule has 0 unspecified atom stereocenters. The maximum atomic E-state index is 14.2. The topological polar surface area (TPSA) is 40.5 Å². The van der Waals surface area contributed by atoms with E-state index in [2.05, 4.69) is 31.2 Å². The summed E-state index contributed by atoms with van der Waals surface area (Å²) in [5.41, 5.74) is 4.07. The Balaban J connectivity index is 2.07. The highest BCUT2D eigenvalue weighted by Crippen LogP contribution is 2.17. The monoisotopic (exact) mass is 385 g/mol. The minimum atomic E-state index is -0.834. The first-order valence-electron chi connectivity index (χ1n) is 10.2. The van der Waals surface area contributed by atoms with Crippen molar-refractivity contribution in [2.75, 3.05) is 6.54 Å². The first-order chi connectivity index (χ1) is 13.5. The molecular weight excluding hydrogens is 353 g/mol. The molecule has 0 atom stereocenters. The summed E-state index contributed by atoms with van der Waals surface area (Å²) < 4.78 is 14.2. The van der Waals surface area contributed by atoms with Crippen molar-refractivity contribution >= 4 is 5.97 Å². The maximum absolute atomic E-state index is 14.2. The van der Waals surface area contributed by atoms with Gasteiger partial charge >= 0.3 is 5.97 Å². The second-order valence-corrected chi connectivity index (χ2v) is 7.58. The number of rotatable bonds is 12. The van der Waals surface area contributed by atoms with Crippen molar-refractivity contribution in [3.63, 3.8) is 0 Å². The fourth-order valence-corrected chi connectivity index (χ4v) is 3.43. The number of carboxylic acid groups (broad SMARTS) is 1. The maximum Gasteiger partial charge on any atom is 0.304 e. The van der Waals surface area contributed by atoms with Crippen LogP contribution in [-0.4, -0.2) is 22.5 Å². The predicted octanol–water partition coefficient (Wildman–Crippen LogP) is 5.73. The van der Waals surface area contributed by atoms with Crippen LogP contribution in [0.15, 0.2) is 42.5 Å². The third kappa shape index (κ3) is 7.81. The molecule has 0 heterocycles. The van der Waals surface area contributed by atoms with Gasteiger partial charge < -0.3 is 5.11 Å². The van der Waals surface area contributed by atoms with Crippen molar-refractivity contribution in [2.24, 2.45) is 0 Å². The number of hydrogen-bond donors (Lipinski definition) is 1. The largest absolute Gasteiger partial charge is 0.481 e. The van der Waals surface area contributed by atoms with Crippen LogP contribution in [0.4, 0.5) is 4.39 Å². The molecule has 0 aliphatic rings. The van der Waals surface area contributed by atoms with E-state index in [0.717, 1.165) is 17.5 Å². The summed E-state index contributed by atoms with van der Waals surface area (Å²) in [6.45, 7) is 5.56. The average Bonchev–Trinajstić information content (AvgIpc) is 2.66. The number of hydrogen-bond acceptors (Lipinski definition) is 2. The summed E-state index contributed by atoms with van der Waals surface area (Å²) >= 11 is 0. The Morgan fingerprint density at radius 1 is 1.04 bits per heavy atom. The third-order valence-corrected chi connectivity index (χ3v) is 4.95. The van der Waals surface area contributed by atoms with Crippen LogP contribution in [-0.2, 0) is 24.3 Å². The molecule has 0 saturated heterocycles. The molecule has 28 heavy (non-hydrogen) atoms. The molecule has 0 aliphatic heterocycles. The van der Waals surface area contributed by atoms with Crippen molar-refractivity contribution in [3.05, 3.63) is 70.5 Å². The minimum Gasteiger partial charge on any atom is -0.481 e. The molecule has 152 valence electrons. The van der Waals surface area contributed by atoms with E-state index in [-0.39, 0.29) is 12.2 Å². The van der Waals surface area contributed by atoms with Gasteiger partial charge in [0, 0.05) is 25.2 Å². The second-order valence-electron chi connectivity index (χ2n) is 7.58. The third-order valence-electron chi connectivity index (χ3n) is 4.95. The Bertz CT molecular complexity index is 760. The van der Waals surface area contributed by atoms with Crippen molar-refractivity contribution in [1.29, 1.82) is 0 Å². The molecule has 1 N–H and O–H groups in total. The van der Waals surface area contributed by atoms with E-state index in [0.29, 0.717) is 25.2 Å². The molecule has 2 aromatic carbocycles. The quantitative estimate of drug-likeness (QED) is 0.474. The molecule has 0 radical (unpaired) electrons. The summed E-state index contributed by atoms with van der Waals surface area (Å²) in [7, 11) is 0. The van der Waals surface area contributed by atoms with Crippen LogP contribution >= 0.6 is 0 Å². The molecule has 0 spiro atoms. The summed E-state index contributed by atoms with van der Waals surface area (Å²) in [6.07, 6.45) is 6.05. The lowest BCUT2D eigenvalue weighted by atomic mass is 10.0. The summed E-state index contributed by atoms with van der Waals surface area (Å²) in [5.74, 6) is -1.07. The van der Waals surface area contributed by atoms with E-state index in [9.17, 15) is 9.18 Å². The highest BCUT2D eigenvalue weighted by molar-refractivity contribution is 5.66. The van der Waals surface area contributed by atoms with Gasteiger partial charge in [-0.3, -0.25) is 9.69 Å². The number of benzene rings is 2. The zero-order chi connectivity index (χ0) is 20.4. The van der Waals surface area contributed by atoms with Gasteiger partial charge in [-0.25, -0.2) is 4.39 Å². The van der Waals surface area contributed by atoms with Crippen LogP contribution in [0.25, 0.3) is 0 Å². The van der Waals surface area contributed by atoms with E-state index in [1.807, 2.05) is 17.9 Å². The lowest BCUT2D eigenvalue weighted by Gasteiger charge is -2.22. The van der Waals surface area contributed by atoms with E-state index in [4.69, 9.17) is 5.11 Å². The average molecular weight is 386 g/mol. The molecule has 0 saturated carbocycles. The number of aliphatic carboxylic acids is 1. The number of nitrogens with zero attached hydrogens (tertiary/aromatic N) is 1. The van der Waals surface area contributed by atoms with Crippen LogP contribution in [0, 0.1) is 12.7 Å². The molecule has 3 nitrogen and oxygen atoms in total. The number of halogens is 1. The van der Waals surface area contributed by atoms with Crippen molar-refractivity contribution < 1.29 is 14.3 Å². The number of aryl methyl sites for hydroxylation is 2. The predicted molar refractivity (Wildman–Crippen MR) is 112 cm³/mol. The molecule has 4 heteroatoms. The lowest BCUT2D eigenvalue weighted by Crippen LogP contribution is -2.26. The summed E-state index contributed by atoms with van der Waals surface area (Å²) in [4.78, 5) is 13.1. The fraction of sp³-hybridized carbons (Fsp3) is 0.458. The van der Waals surface area contributed by atoms with Gasteiger partial charge in [0.2, 0.25) is 0 Å².